The van der Waals surface area contributed by atoms with Crippen LogP contribution in [-0.4, -0.2) is 82.0 Å². The second-order valence-electron chi connectivity index (χ2n) is 10.6. The molecule has 12 heteroatoms. The summed E-state index contributed by atoms with van der Waals surface area (Å²) in [6.07, 6.45) is 4.73. The second-order valence-corrected chi connectivity index (χ2v) is 10.6. The molecule has 0 atom stereocenters. The number of hydrogen-bond acceptors (Lipinski definition) is 10. The van der Waals surface area contributed by atoms with Gasteiger partial charge in [0.2, 0.25) is 17.7 Å². The highest BCUT2D eigenvalue weighted by Crippen LogP contribution is 2.36. The Morgan fingerprint density at radius 2 is 1.91 bits per heavy atom. The quantitative estimate of drug-likeness (QED) is 0.247. The molecule has 0 aliphatic carbocycles. The van der Waals surface area contributed by atoms with Crippen molar-refractivity contribution in [1.82, 2.24) is 29.6 Å². The standard InChI is InChI=1S/C31H37N9O3/c1-6-27(41)33-24-18-25(30(43-21(2)3)36-29(24)39-14-16-42-17-15-39)34-31-32-13-12-26(35-31)40-20-23(19-38(4)5)28(37-40)22-10-8-7-9-11-22/h6-13,18,20-21H,1,14-17,19H2,2-5H3,(H,33,41)(H,32,34,35). The predicted molar refractivity (Wildman–Crippen MR) is 167 cm³/mol. The Kier molecular flexibility index (Phi) is 9.28. The number of anilines is 4. The van der Waals surface area contributed by atoms with Crippen LogP contribution in [0.1, 0.15) is 19.4 Å². The molecule has 0 radical (unpaired) electrons. The number of ether oxygens (including phenoxy) is 2. The first-order valence-corrected chi connectivity index (χ1v) is 14.2. The summed E-state index contributed by atoms with van der Waals surface area (Å²) in [6.45, 7) is 10.6. The van der Waals surface area contributed by atoms with Crippen LogP contribution < -0.4 is 20.3 Å². The van der Waals surface area contributed by atoms with Crippen molar-refractivity contribution in [3.8, 4) is 23.0 Å². The third-order valence-electron chi connectivity index (χ3n) is 6.51. The van der Waals surface area contributed by atoms with E-state index < -0.39 is 0 Å². The minimum Gasteiger partial charge on any atom is -0.473 e. The van der Waals surface area contributed by atoms with Gasteiger partial charge in [-0.1, -0.05) is 36.9 Å². The summed E-state index contributed by atoms with van der Waals surface area (Å²) in [6, 6.07) is 13.7. The van der Waals surface area contributed by atoms with Gasteiger partial charge in [-0.15, -0.1) is 0 Å². The number of aromatic nitrogens is 5. The molecule has 4 aromatic rings. The van der Waals surface area contributed by atoms with Crippen molar-refractivity contribution >= 4 is 29.0 Å². The molecule has 0 unspecified atom stereocenters. The van der Waals surface area contributed by atoms with Gasteiger partial charge in [0.15, 0.2) is 11.6 Å². The number of rotatable bonds is 11. The van der Waals surface area contributed by atoms with E-state index in [1.807, 2.05) is 64.5 Å². The number of nitrogens with zero attached hydrogens (tertiary/aromatic N) is 7. The summed E-state index contributed by atoms with van der Waals surface area (Å²) < 4.78 is 13.4. The van der Waals surface area contributed by atoms with Crippen molar-refractivity contribution in [2.75, 3.05) is 55.9 Å². The Balaban J connectivity index is 1.52. The molecule has 0 bridgehead atoms. The molecular formula is C31H37N9O3. The minimum absolute atomic E-state index is 0.151. The highest BCUT2D eigenvalue weighted by Gasteiger charge is 2.22. The topological polar surface area (TPSA) is 123 Å². The van der Waals surface area contributed by atoms with E-state index in [1.165, 1.54) is 6.08 Å². The first-order valence-electron chi connectivity index (χ1n) is 14.2. The van der Waals surface area contributed by atoms with E-state index in [1.54, 1.807) is 23.0 Å². The molecule has 5 rings (SSSR count). The Labute approximate surface area is 251 Å². The van der Waals surface area contributed by atoms with Crippen LogP contribution in [0.25, 0.3) is 17.1 Å². The second kappa shape index (κ2) is 13.4. The summed E-state index contributed by atoms with van der Waals surface area (Å²) in [7, 11) is 4.06. The van der Waals surface area contributed by atoms with Gasteiger partial charge in [-0.2, -0.15) is 15.1 Å². The molecule has 1 amide bonds. The van der Waals surface area contributed by atoms with Gasteiger partial charge in [-0.05, 0) is 40.1 Å². The van der Waals surface area contributed by atoms with Crippen LogP contribution in [-0.2, 0) is 16.1 Å². The summed E-state index contributed by atoms with van der Waals surface area (Å²) in [5.74, 6) is 1.51. The van der Waals surface area contributed by atoms with Gasteiger partial charge < -0.3 is 29.9 Å². The fraction of sp³-hybridized carbons (Fsp3) is 0.323. The van der Waals surface area contributed by atoms with Crippen LogP contribution in [0.5, 0.6) is 5.88 Å². The molecule has 1 fully saturated rings. The van der Waals surface area contributed by atoms with E-state index in [-0.39, 0.29) is 12.0 Å². The fourth-order valence-electron chi connectivity index (χ4n) is 4.66. The predicted octanol–water partition coefficient (Wildman–Crippen LogP) is 4.28. The van der Waals surface area contributed by atoms with Gasteiger partial charge in [-0.3, -0.25) is 4.79 Å². The third kappa shape index (κ3) is 7.34. The van der Waals surface area contributed by atoms with Crippen LogP contribution in [0.2, 0.25) is 0 Å². The highest BCUT2D eigenvalue weighted by molar-refractivity contribution is 6.01. The monoisotopic (exact) mass is 583 g/mol. The van der Waals surface area contributed by atoms with Gasteiger partial charge in [0.25, 0.3) is 0 Å². The molecule has 1 saturated heterocycles. The maximum atomic E-state index is 12.4. The number of amides is 1. The molecule has 224 valence electrons. The molecule has 1 aliphatic heterocycles. The summed E-state index contributed by atoms with van der Waals surface area (Å²) in [5.41, 5.74) is 4.00. The van der Waals surface area contributed by atoms with Crippen molar-refractivity contribution in [3.05, 3.63) is 73.1 Å². The van der Waals surface area contributed by atoms with E-state index in [0.29, 0.717) is 61.1 Å². The number of benzene rings is 1. The lowest BCUT2D eigenvalue weighted by Gasteiger charge is -2.30. The maximum Gasteiger partial charge on any atom is 0.247 e. The lowest BCUT2D eigenvalue weighted by molar-refractivity contribution is -0.111. The van der Waals surface area contributed by atoms with E-state index in [2.05, 4.69) is 32.0 Å². The van der Waals surface area contributed by atoms with Crippen LogP contribution in [0.3, 0.4) is 0 Å². The van der Waals surface area contributed by atoms with Crippen molar-refractivity contribution < 1.29 is 14.3 Å². The average molecular weight is 584 g/mol. The Morgan fingerprint density at radius 1 is 1.14 bits per heavy atom. The summed E-state index contributed by atoms with van der Waals surface area (Å²) in [4.78, 5) is 30.6. The van der Waals surface area contributed by atoms with Crippen LogP contribution in [0, 0.1) is 0 Å². The largest absolute Gasteiger partial charge is 0.473 e. The van der Waals surface area contributed by atoms with Gasteiger partial charge in [0, 0.05) is 49.2 Å². The molecular weight excluding hydrogens is 546 g/mol. The van der Waals surface area contributed by atoms with Crippen LogP contribution in [0.15, 0.2) is 67.5 Å². The molecule has 3 aromatic heterocycles. The highest BCUT2D eigenvalue weighted by atomic mass is 16.5. The zero-order valence-electron chi connectivity index (χ0n) is 24.9. The van der Waals surface area contributed by atoms with Crippen molar-refractivity contribution in [2.24, 2.45) is 0 Å². The van der Waals surface area contributed by atoms with Crippen LogP contribution in [0.4, 0.5) is 23.1 Å². The minimum atomic E-state index is -0.348. The number of carbonyl (C=O) groups is 1. The van der Waals surface area contributed by atoms with E-state index >= 15 is 0 Å². The summed E-state index contributed by atoms with van der Waals surface area (Å²) in [5, 5.41) is 11.0. The van der Waals surface area contributed by atoms with Crippen molar-refractivity contribution in [3.63, 3.8) is 0 Å². The smallest absolute Gasteiger partial charge is 0.247 e. The molecule has 12 nitrogen and oxygen atoms in total. The normalized spacial score (nSPS) is 13.3. The lowest BCUT2D eigenvalue weighted by Crippen LogP contribution is -2.37. The first-order chi connectivity index (χ1) is 20.8. The zero-order chi connectivity index (χ0) is 30.3. The average Bonchev–Trinajstić information content (AvgIpc) is 3.42. The van der Waals surface area contributed by atoms with E-state index in [9.17, 15) is 4.79 Å². The molecule has 1 aromatic carbocycles. The van der Waals surface area contributed by atoms with Gasteiger partial charge in [0.1, 0.15) is 5.69 Å². The van der Waals surface area contributed by atoms with Gasteiger partial charge >= 0.3 is 0 Å². The molecule has 0 spiro atoms. The zero-order valence-corrected chi connectivity index (χ0v) is 24.9. The Bertz CT molecular complexity index is 1560. The van der Waals surface area contributed by atoms with Crippen LogP contribution >= 0.6 is 0 Å². The fourth-order valence-corrected chi connectivity index (χ4v) is 4.66. The van der Waals surface area contributed by atoms with Gasteiger partial charge in [0.05, 0.1) is 30.7 Å². The lowest BCUT2D eigenvalue weighted by atomic mass is 10.1. The van der Waals surface area contributed by atoms with E-state index in [4.69, 9.17) is 24.5 Å². The van der Waals surface area contributed by atoms with Crippen molar-refractivity contribution in [2.45, 2.75) is 26.5 Å². The first kappa shape index (κ1) is 29.7. The number of nitrogens with one attached hydrogen (secondary N) is 2. The molecule has 1 aliphatic rings. The van der Waals surface area contributed by atoms with Crippen molar-refractivity contribution in [1.29, 1.82) is 0 Å². The summed E-state index contributed by atoms with van der Waals surface area (Å²) >= 11 is 0. The molecule has 0 saturated carbocycles. The Morgan fingerprint density at radius 3 is 2.60 bits per heavy atom. The number of pyridine rings is 1. The molecule has 43 heavy (non-hydrogen) atoms. The Hall–Kier alpha value is -4.81. The third-order valence-corrected chi connectivity index (χ3v) is 6.51. The maximum absolute atomic E-state index is 12.4. The number of hydrogen-bond donors (Lipinski definition) is 2. The molecule has 4 heterocycles. The SMILES string of the molecule is C=CC(=O)Nc1cc(Nc2nccc(-n3cc(CN(C)C)c(-c4ccccc4)n3)n2)c(OC(C)C)nc1N1CCOCC1. The molecule has 2 N–H and O–H groups in total. The van der Waals surface area contributed by atoms with Gasteiger partial charge in [-0.25, -0.2) is 9.67 Å². The van der Waals surface area contributed by atoms with E-state index in [0.717, 1.165) is 23.4 Å². The number of carbonyl (C=O) groups excluding carboxylic acids is 1. The number of morpholine rings is 1.